The van der Waals surface area contributed by atoms with Crippen molar-refractivity contribution >= 4 is 0 Å². The molecule has 13 heavy (non-hydrogen) atoms. The topological polar surface area (TPSA) is 38.5 Å². The van der Waals surface area contributed by atoms with Crippen LogP contribution in [0.4, 0.5) is 8.78 Å². The maximum atomic E-state index is 11.6. The van der Waals surface area contributed by atoms with Crippen molar-refractivity contribution in [2.75, 3.05) is 39.9 Å². The number of ether oxygens (including phenoxy) is 1. The smallest absolute Gasteiger partial charge is 0.261 e. The minimum atomic E-state index is -2.36. The summed E-state index contributed by atoms with van der Waals surface area (Å²) in [6.45, 7) is 2.21. The summed E-state index contributed by atoms with van der Waals surface area (Å²) in [5.41, 5.74) is 5.33. The van der Waals surface area contributed by atoms with E-state index in [1.807, 2.05) is 11.9 Å². The van der Waals surface area contributed by atoms with Gasteiger partial charge in [0.2, 0.25) is 0 Å². The van der Waals surface area contributed by atoms with Crippen molar-refractivity contribution in [1.82, 2.24) is 4.90 Å². The molecule has 0 aromatic carbocycles. The van der Waals surface area contributed by atoms with E-state index >= 15 is 0 Å². The van der Waals surface area contributed by atoms with Gasteiger partial charge in [-0.05, 0) is 13.5 Å². The lowest BCUT2D eigenvalue weighted by molar-refractivity contribution is 0.0150. The summed E-state index contributed by atoms with van der Waals surface area (Å²) in [5, 5.41) is 0. The zero-order valence-electron chi connectivity index (χ0n) is 8.01. The molecule has 2 N–H and O–H groups in total. The molecule has 0 bridgehead atoms. The van der Waals surface area contributed by atoms with E-state index in [9.17, 15) is 8.78 Å². The first kappa shape index (κ1) is 12.7. The van der Waals surface area contributed by atoms with Gasteiger partial charge in [-0.25, -0.2) is 8.78 Å². The van der Waals surface area contributed by atoms with Crippen LogP contribution in [0.5, 0.6) is 0 Å². The molecule has 0 aromatic rings. The molecule has 0 radical (unpaired) electrons. The maximum absolute atomic E-state index is 11.6. The maximum Gasteiger partial charge on any atom is 0.261 e. The van der Waals surface area contributed by atoms with Gasteiger partial charge in [0.1, 0.15) is 6.61 Å². The molecule has 0 amide bonds. The first-order valence-electron chi connectivity index (χ1n) is 4.41. The molecule has 0 unspecified atom stereocenters. The Morgan fingerprint density at radius 2 is 2.08 bits per heavy atom. The Morgan fingerprint density at radius 3 is 2.62 bits per heavy atom. The van der Waals surface area contributed by atoms with Crippen LogP contribution in [0.3, 0.4) is 0 Å². The molecule has 0 saturated heterocycles. The van der Waals surface area contributed by atoms with Crippen LogP contribution in [0.2, 0.25) is 0 Å². The Hall–Kier alpha value is -0.260. The standard InChI is InChI=1S/C8H18F2N2O/c1-12(5-3-11)4-2-6-13-7-8(9)10/h8H,2-7,11H2,1H3. The second kappa shape index (κ2) is 8.34. The van der Waals surface area contributed by atoms with Crippen LogP contribution < -0.4 is 5.73 Å². The van der Waals surface area contributed by atoms with E-state index in [0.717, 1.165) is 19.5 Å². The van der Waals surface area contributed by atoms with Crippen molar-refractivity contribution in [2.45, 2.75) is 12.8 Å². The van der Waals surface area contributed by atoms with E-state index in [1.54, 1.807) is 0 Å². The third-order valence-electron chi connectivity index (χ3n) is 1.58. The molecule has 3 nitrogen and oxygen atoms in total. The number of alkyl halides is 2. The molecule has 0 aromatic heterocycles. The van der Waals surface area contributed by atoms with Gasteiger partial charge in [-0.15, -0.1) is 0 Å². The van der Waals surface area contributed by atoms with Gasteiger partial charge in [-0.3, -0.25) is 0 Å². The molecule has 0 heterocycles. The van der Waals surface area contributed by atoms with Gasteiger partial charge in [-0.1, -0.05) is 0 Å². The van der Waals surface area contributed by atoms with Crippen LogP contribution in [0.15, 0.2) is 0 Å². The average molecular weight is 196 g/mol. The minimum Gasteiger partial charge on any atom is -0.375 e. The molecule has 0 spiro atoms. The van der Waals surface area contributed by atoms with Crippen molar-refractivity contribution in [3.63, 3.8) is 0 Å². The molecule has 80 valence electrons. The van der Waals surface area contributed by atoms with Gasteiger partial charge in [0.15, 0.2) is 0 Å². The number of likely N-dealkylation sites (N-methyl/N-ethyl adjacent to an activating group) is 1. The monoisotopic (exact) mass is 196 g/mol. The van der Waals surface area contributed by atoms with Gasteiger partial charge in [0.05, 0.1) is 0 Å². The lowest BCUT2D eigenvalue weighted by Gasteiger charge is -2.14. The highest BCUT2D eigenvalue weighted by Gasteiger charge is 2.01. The summed E-state index contributed by atoms with van der Waals surface area (Å²) in [6, 6.07) is 0. The highest BCUT2D eigenvalue weighted by Crippen LogP contribution is 1.94. The first-order chi connectivity index (χ1) is 6.16. The molecule has 0 aliphatic rings. The van der Waals surface area contributed by atoms with Crippen LogP contribution in [0, 0.1) is 0 Å². The second-order valence-corrected chi connectivity index (χ2v) is 2.91. The quantitative estimate of drug-likeness (QED) is 0.576. The van der Waals surface area contributed by atoms with Gasteiger partial charge in [-0.2, -0.15) is 0 Å². The number of nitrogens with zero attached hydrogens (tertiary/aromatic N) is 1. The third-order valence-corrected chi connectivity index (χ3v) is 1.58. The lowest BCUT2D eigenvalue weighted by Crippen LogP contribution is -2.27. The summed E-state index contributed by atoms with van der Waals surface area (Å²) >= 11 is 0. The molecule has 0 fully saturated rings. The van der Waals surface area contributed by atoms with E-state index in [2.05, 4.69) is 0 Å². The predicted octanol–water partition coefficient (Wildman–Crippen LogP) is 0.549. The molecular weight excluding hydrogens is 178 g/mol. The fourth-order valence-electron chi connectivity index (χ4n) is 0.941. The number of rotatable bonds is 8. The van der Waals surface area contributed by atoms with Crippen LogP contribution in [0.1, 0.15) is 6.42 Å². The Morgan fingerprint density at radius 1 is 1.38 bits per heavy atom. The third kappa shape index (κ3) is 9.66. The van der Waals surface area contributed by atoms with Gasteiger partial charge in [0, 0.05) is 26.2 Å². The van der Waals surface area contributed by atoms with Gasteiger partial charge in [0.25, 0.3) is 6.43 Å². The molecule has 0 aliphatic heterocycles. The van der Waals surface area contributed by atoms with Gasteiger partial charge >= 0.3 is 0 Å². The second-order valence-electron chi connectivity index (χ2n) is 2.91. The first-order valence-corrected chi connectivity index (χ1v) is 4.41. The summed E-state index contributed by atoms with van der Waals surface area (Å²) in [6.07, 6.45) is -1.59. The Kier molecular flexibility index (Phi) is 8.18. The number of halogens is 2. The normalized spacial score (nSPS) is 11.5. The Labute approximate surface area is 77.8 Å². The van der Waals surface area contributed by atoms with E-state index in [4.69, 9.17) is 10.5 Å². The van der Waals surface area contributed by atoms with E-state index in [-0.39, 0.29) is 0 Å². The highest BCUT2D eigenvalue weighted by atomic mass is 19.3. The zero-order valence-corrected chi connectivity index (χ0v) is 8.01. The van der Waals surface area contributed by atoms with Crippen LogP contribution in [0.25, 0.3) is 0 Å². The molecular formula is C8H18F2N2O. The Bertz CT molecular complexity index is 114. The van der Waals surface area contributed by atoms with Crippen molar-refractivity contribution in [1.29, 1.82) is 0 Å². The summed E-state index contributed by atoms with van der Waals surface area (Å²) in [4.78, 5) is 2.05. The van der Waals surface area contributed by atoms with Crippen LogP contribution in [-0.2, 0) is 4.74 Å². The van der Waals surface area contributed by atoms with Crippen molar-refractivity contribution in [2.24, 2.45) is 5.73 Å². The molecule has 0 aliphatic carbocycles. The zero-order chi connectivity index (χ0) is 10.1. The minimum absolute atomic E-state index is 0.388. The molecule has 0 saturated carbocycles. The largest absolute Gasteiger partial charge is 0.375 e. The van der Waals surface area contributed by atoms with Crippen molar-refractivity contribution < 1.29 is 13.5 Å². The number of nitrogens with two attached hydrogens (primary N) is 1. The Balaban J connectivity index is 3.06. The van der Waals surface area contributed by atoms with E-state index < -0.39 is 13.0 Å². The average Bonchev–Trinajstić information content (AvgIpc) is 2.03. The molecule has 0 rings (SSSR count). The van der Waals surface area contributed by atoms with Crippen LogP contribution >= 0.6 is 0 Å². The summed E-state index contributed by atoms with van der Waals surface area (Å²) in [5.74, 6) is 0. The molecule has 0 atom stereocenters. The van der Waals surface area contributed by atoms with Crippen LogP contribution in [-0.4, -0.2) is 51.2 Å². The fourth-order valence-corrected chi connectivity index (χ4v) is 0.941. The SMILES string of the molecule is CN(CCN)CCCOCC(F)F. The predicted molar refractivity (Wildman–Crippen MR) is 48.0 cm³/mol. The molecule has 5 heteroatoms. The highest BCUT2D eigenvalue weighted by molar-refractivity contribution is 4.51. The lowest BCUT2D eigenvalue weighted by atomic mass is 10.4. The fraction of sp³-hybridized carbons (Fsp3) is 1.00. The van der Waals surface area contributed by atoms with Crippen molar-refractivity contribution in [3.8, 4) is 0 Å². The van der Waals surface area contributed by atoms with E-state index in [1.165, 1.54) is 0 Å². The number of hydrogen-bond acceptors (Lipinski definition) is 3. The van der Waals surface area contributed by atoms with Gasteiger partial charge < -0.3 is 15.4 Å². The van der Waals surface area contributed by atoms with Crippen molar-refractivity contribution in [3.05, 3.63) is 0 Å². The van der Waals surface area contributed by atoms with E-state index in [0.29, 0.717) is 13.2 Å². The summed E-state index contributed by atoms with van der Waals surface area (Å²) < 4.78 is 27.9. The number of hydrogen-bond donors (Lipinski definition) is 1. The summed E-state index contributed by atoms with van der Waals surface area (Å²) in [7, 11) is 1.94.